The topological polar surface area (TPSA) is 49.3 Å². The monoisotopic (exact) mass is 231 g/mol. The third kappa shape index (κ3) is 3.18. The van der Waals surface area contributed by atoms with Gasteiger partial charge in [0.25, 0.3) is 5.91 Å². The predicted molar refractivity (Wildman–Crippen MR) is 55.4 cm³/mol. The molecule has 1 aromatic carbocycles. The Labute approximate surface area is 91.9 Å². The summed E-state index contributed by atoms with van der Waals surface area (Å²) in [4.78, 5) is 11.4. The zero-order valence-electron chi connectivity index (χ0n) is 7.96. The van der Waals surface area contributed by atoms with E-state index in [1.165, 1.54) is 18.2 Å². The van der Waals surface area contributed by atoms with Crippen molar-refractivity contribution in [3.05, 3.63) is 34.6 Å². The van der Waals surface area contributed by atoms with E-state index in [1.54, 1.807) is 0 Å². The van der Waals surface area contributed by atoms with E-state index in [2.05, 4.69) is 5.32 Å². The average Bonchev–Trinajstić information content (AvgIpc) is 2.22. The first kappa shape index (κ1) is 11.9. The molecule has 0 aliphatic rings. The van der Waals surface area contributed by atoms with Crippen molar-refractivity contribution < 1.29 is 14.3 Å². The normalized spacial score (nSPS) is 10.1. The van der Waals surface area contributed by atoms with Crippen LogP contribution in [0, 0.1) is 5.82 Å². The molecule has 0 spiro atoms. The molecule has 0 fully saturated rings. The minimum atomic E-state index is -0.722. The number of amides is 1. The highest BCUT2D eigenvalue weighted by Gasteiger charge is 2.12. The van der Waals surface area contributed by atoms with Gasteiger partial charge in [-0.1, -0.05) is 17.7 Å². The van der Waals surface area contributed by atoms with Crippen LogP contribution < -0.4 is 5.32 Å². The van der Waals surface area contributed by atoms with Crippen molar-refractivity contribution in [1.29, 1.82) is 0 Å². The van der Waals surface area contributed by atoms with E-state index in [-0.39, 0.29) is 17.2 Å². The lowest BCUT2D eigenvalue weighted by Crippen LogP contribution is -2.25. The fraction of sp³-hybridized carbons (Fsp3) is 0.300. The molecule has 15 heavy (non-hydrogen) atoms. The number of aliphatic hydroxyl groups excluding tert-OH is 1. The van der Waals surface area contributed by atoms with E-state index in [0.717, 1.165) is 0 Å². The number of hydrogen-bond acceptors (Lipinski definition) is 2. The van der Waals surface area contributed by atoms with Gasteiger partial charge in [-0.2, -0.15) is 0 Å². The Morgan fingerprint density at radius 1 is 1.53 bits per heavy atom. The molecule has 0 aliphatic heterocycles. The molecule has 0 aromatic heterocycles. The number of halogens is 2. The van der Waals surface area contributed by atoms with E-state index >= 15 is 0 Å². The Morgan fingerprint density at radius 2 is 2.27 bits per heavy atom. The second-order valence-corrected chi connectivity index (χ2v) is 3.34. The van der Waals surface area contributed by atoms with Crippen LogP contribution in [-0.2, 0) is 0 Å². The highest BCUT2D eigenvalue weighted by molar-refractivity contribution is 6.31. The maximum absolute atomic E-state index is 13.3. The van der Waals surface area contributed by atoms with Crippen molar-refractivity contribution >= 4 is 17.5 Å². The van der Waals surface area contributed by atoms with Crippen molar-refractivity contribution in [2.45, 2.75) is 6.42 Å². The van der Waals surface area contributed by atoms with E-state index in [4.69, 9.17) is 16.7 Å². The standard InChI is InChI=1S/C10H11ClFNO2/c11-8-4-1-3-7(9(8)12)10(15)13-5-2-6-14/h1,3-4,14H,2,5-6H2,(H,13,15). The smallest absolute Gasteiger partial charge is 0.254 e. The number of hydrogen-bond donors (Lipinski definition) is 2. The summed E-state index contributed by atoms with van der Waals surface area (Å²) in [6.07, 6.45) is 0.438. The molecule has 0 atom stereocenters. The van der Waals surface area contributed by atoms with Crippen molar-refractivity contribution in [1.82, 2.24) is 5.32 Å². The fourth-order valence-corrected chi connectivity index (χ4v) is 1.23. The number of carbonyl (C=O) groups excluding carboxylic acids is 1. The molecule has 1 amide bonds. The summed E-state index contributed by atoms with van der Waals surface area (Å²) in [5.41, 5.74) is -0.0829. The van der Waals surface area contributed by atoms with Gasteiger partial charge in [-0.15, -0.1) is 0 Å². The van der Waals surface area contributed by atoms with Crippen LogP contribution in [0.3, 0.4) is 0 Å². The molecule has 0 saturated carbocycles. The molecular weight excluding hydrogens is 221 g/mol. The van der Waals surface area contributed by atoms with E-state index in [0.29, 0.717) is 13.0 Å². The number of aliphatic hydroxyl groups is 1. The SMILES string of the molecule is O=C(NCCCO)c1cccc(Cl)c1F. The average molecular weight is 232 g/mol. The lowest BCUT2D eigenvalue weighted by atomic mass is 10.2. The summed E-state index contributed by atoms with van der Waals surface area (Å²) in [6.45, 7) is 0.291. The van der Waals surface area contributed by atoms with Gasteiger partial charge in [0, 0.05) is 13.2 Å². The van der Waals surface area contributed by atoms with Gasteiger partial charge in [0.05, 0.1) is 10.6 Å². The van der Waals surface area contributed by atoms with Gasteiger partial charge in [0.1, 0.15) is 0 Å². The van der Waals surface area contributed by atoms with Gasteiger partial charge in [0.2, 0.25) is 0 Å². The van der Waals surface area contributed by atoms with Crippen LogP contribution >= 0.6 is 11.6 Å². The Bertz CT molecular complexity index is 357. The second-order valence-electron chi connectivity index (χ2n) is 2.93. The van der Waals surface area contributed by atoms with Crippen molar-refractivity contribution in [3.63, 3.8) is 0 Å². The molecule has 0 aliphatic carbocycles. The summed E-state index contributed by atoms with van der Waals surface area (Å²) < 4.78 is 13.3. The zero-order chi connectivity index (χ0) is 11.3. The lowest BCUT2D eigenvalue weighted by Gasteiger charge is -2.05. The van der Waals surface area contributed by atoms with E-state index in [9.17, 15) is 9.18 Å². The first-order valence-corrected chi connectivity index (χ1v) is 4.87. The molecule has 0 saturated heterocycles. The van der Waals surface area contributed by atoms with Crippen LogP contribution in [-0.4, -0.2) is 24.2 Å². The summed E-state index contributed by atoms with van der Waals surface area (Å²) in [7, 11) is 0. The maximum Gasteiger partial charge on any atom is 0.254 e. The number of carbonyl (C=O) groups is 1. The van der Waals surface area contributed by atoms with Crippen LogP contribution in [0.2, 0.25) is 5.02 Å². The largest absolute Gasteiger partial charge is 0.396 e. The third-order valence-corrected chi connectivity index (χ3v) is 2.11. The molecule has 0 radical (unpaired) electrons. The van der Waals surface area contributed by atoms with Gasteiger partial charge < -0.3 is 10.4 Å². The first-order valence-electron chi connectivity index (χ1n) is 4.50. The van der Waals surface area contributed by atoms with Gasteiger partial charge in [-0.05, 0) is 18.6 Å². The summed E-state index contributed by atoms with van der Waals surface area (Å²) >= 11 is 5.52. The highest BCUT2D eigenvalue weighted by Crippen LogP contribution is 2.17. The van der Waals surface area contributed by atoms with Gasteiger partial charge in [0.15, 0.2) is 5.82 Å². The Balaban J connectivity index is 2.69. The minimum Gasteiger partial charge on any atom is -0.396 e. The van der Waals surface area contributed by atoms with Crippen LogP contribution in [0.1, 0.15) is 16.8 Å². The number of rotatable bonds is 4. The predicted octanol–water partition coefficient (Wildman–Crippen LogP) is 1.59. The molecule has 2 N–H and O–H groups in total. The summed E-state index contributed by atoms with van der Waals surface area (Å²) in [6, 6.07) is 4.24. The molecule has 1 aromatic rings. The molecule has 0 heterocycles. The maximum atomic E-state index is 13.3. The molecule has 82 valence electrons. The van der Waals surface area contributed by atoms with Crippen molar-refractivity contribution in [2.75, 3.05) is 13.2 Å². The van der Waals surface area contributed by atoms with Crippen LogP contribution in [0.5, 0.6) is 0 Å². The second kappa shape index (κ2) is 5.68. The highest BCUT2D eigenvalue weighted by atomic mass is 35.5. The summed E-state index contributed by atoms with van der Waals surface area (Å²) in [5.74, 6) is -1.25. The molecular formula is C10H11ClFNO2. The first-order chi connectivity index (χ1) is 7.16. The van der Waals surface area contributed by atoms with Crippen molar-refractivity contribution in [3.8, 4) is 0 Å². The molecule has 3 nitrogen and oxygen atoms in total. The summed E-state index contributed by atoms with van der Waals surface area (Å²) in [5, 5.41) is 10.9. The Hall–Kier alpha value is -1.13. The molecule has 0 unspecified atom stereocenters. The Kier molecular flexibility index (Phi) is 4.52. The molecule has 1 rings (SSSR count). The number of benzene rings is 1. The number of nitrogens with one attached hydrogen (secondary N) is 1. The lowest BCUT2D eigenvalue weighted by molar-refractivity contribution is 0.0947. The van der Waals surface area contributed by atoms with Gasteiger partial charge in [-0.25, -0.2) is 4.39 Å². The molecule has 5 heteroatoms. The van der Waals surface area contributed by atoms with E-state index in [1.807, 2.05) is 0 Å². The van der Waals surface area contributed by atoms with Crippen molar-refractivity contribution in [2.24, 2.45) is 0 Å². The molecule has 0 bridgehead atoms. The third-order valence-electron chi connectivity index (χ3n) is 1.82. The van der Waals surface area contributed by atoms with Gasteiger partial charge >= 0.3 is 0 Å². The van der Waals surface area contributed by atoms with Crippen LogP contribution in [0.25, 0.3) is 0 Å². The van der Waals surface area contributed by atoms with Crippen LogP contribution in [0.15, 0.2) is 18.2 Å². The minimum absolute atomic E-state index is 0.0156. The fourth-order valence-electron chi connectivity index (χ4n) is 1.06. The quantitative estimate of drug-likeness (QED) is 0.774. The van der Waals surface area contributed by atoms with E-state index < -0.39 is 11.7 Å². The van der Waals surface area contributed by atoms with Crippen LogP contribution in [0.4, 0.5) is 4.39 Å². The van der Waals surface area contributed by atoms with Gasteiger partial charge in [-0.3, -0.25) is 4.79 Å². The zero-order valence-corrected chi connectivity index (χ0v) is 8.72. The Morgan fingerprint density at radius 3 is 2.93 bits per heavy atom.